The van der Waals surface area contributed by atoms with E-state index in [1.807, 2.05) is 0 Å². The Kier molecular flexibility index (Phi) is 8.49. The molecule has 0 amide bonds. The molecule has 1 aromatic heterocycles. The van der Waals surface area contributed by atoms with Gasteiger partial charge in [0.05, 0.1) is 18.7 Å². The summed E-state index contributed by atoms with van der Waals surface area (Å²) in [6.45, 7) is 14.5. The third-order valence-electron chi connectivity index (χ3n) is 6.08. The Hall–Kier alpha value is -2.11. The molecule has 3 nitrogen and oxygen atoms in total. The number of hydrogen-bond donors (Lipinski definition) is 0. The van der Waals surface area contributed by atoms with Gasteiger partial charge in [-0.15, -0.1) is 0 Å². The average Bonchev–Trinajstić information content (AvgIpc) is 2.89. The van der Waals surface area contributed by atoms with E-state index in [1.165, 1.54) is 39.5 Å². The molecule has 2 aromatic rings. The second-order valence-corrected chi connectivity index (χ2v) is 8.66. The lowest BCUT2D eigenvalue weighted by atomic mass is 9.99. The van der Waals surface area contributed by atoms with E-state index in [1.54, 1.807) is 0 Å². The molecular formula is C25H36F3N2O+. The molecule has 0 spiro atoms. The number of carbonyl (C=O) groups excluding carboxylic acids is 1. The minimum absolute atomic E-state index is 0.269. The minimum atomic E-state index is -4.72. The minimum Gasteiger partial charge on any atom is -0.290 e. The van der Waals surface area contributed by atoms with Gasteiger partial charge in [-0.1, -0.05) is 31.0 Å². The summed E-state index contributed by atoms with van der Waals surface area (Å²) in [5.74, 6) is -0.436. The van der Waals surface area contributed by atoms with Gasteiger partial charge in [-0.25, -0.2) is 9.13 Å². The van der Waals surface area contributed by atoms with Crippen LogP contribution in [0, 0.1) is 34.6 Å². The van der Waals surface area contributed by atoms with E-state index in [4.69, 9.17) is 0 Å². The molecule has 0 aliphatic rings. The van der Waals surface area contributed by atoms with Crippen LogP contribution < -0.4 is 4.57 Å². The highest BCUT2D eigenvalue weighted by Gasteiger charge is 2.37. The molecule has 0 N–H and O–H groups in total. The molecule has 1 aromatic carbocycles. The summed E-state index contributed by atoms with van der Waals surface area (Å²) in [5.41, 5.74) is 7.37. The standard InChI is InChI=1S/C25H36F3N2O/c1-7-8-13-29-20(5)21(6)30(14-11-9-10-12-22(31)25(26,27)28)24(29)23-18(3)15-17(2)16-19(23)4/h15-16H,7-14H2,1-6H3/q+1. The summed E-state index contributed by atoms with van der Waals surface area (Å²) in [6.07, 6.45) is -1.34. The molecule has 0 fully saturated rings. The number of aryl methyl sites for hydroxylation is 3. The van der Waals surface area contributed by atoms with E-state index in [0.717, 1.165) is 32.4 Å². The molecule has 0 atom stereocenters. The number of unbranched alkanes of at least 4 members (excludes halogenated alkanes) is 3. The SMILES string of the molecule is CCCCn1c(C)c(C)[n+](CCCCCC(=O)C(F)(F)F)c1-c1c(C)cc(C)cc1C. The smallest absolute Gasteiger partial charge is 0.290 e. The second kappa shape index (κ2) is 10.5. The maximum absolute atomic E-state index is 12.4. The molecular weight excluding hydrogens is 401 g/mol. The van der Waals surface area contributed by atoms with Crippen molar-refractivity contribution in [1.29, 1.82) is 0 Å². The van der Waals surface area contributed by atoms with Crippen molar-refractivity contribution in [3.8, 4) is 11.4 Å². The maximum atomic E-state index is 12.4. The van der Waals surface area contributed by atoms with Crippen molar-refractivity contribution in [3.05, 3.63) is 40.2 Å². The number of carbonyl (C=O) groups is 1. The third-order valence-corrected chi connectivity index (χ3v) is 6.08. The van der Waals surface area contributed by atoms with E-state index in [-0.39, 0.29) is 6.42 Å². The number of ketones is 1. The van der Waals surface area contributed by atoms with Crippen LogP contribution in [0.25, 0.3) is 11.4 Å². The largest absolute Gasteiger partial charge is 0.449 e. The number of nitrogens with zero attached hydrogens (tertiary/aromatic N) is 2. The topological polar surface area (TPSA) is 25.9 Å². The first-order valence-corrected chi connectivity index (χ1v) is 11.3. The van der Waals surface area contributed by atoms with Gasteiger partial charge in [0.25, 0.3) is 5.82 Å². The number of hydrogen-bond acceptors (Lipinski definition) is 1. The molecule has 0 bridgehead atoms. The quantitative estimate of drug-likeness (QED) is 0.309. The van der Waals surface area contributed by atoms with Gasteiger partial charge in [0.15, 0.2) is 0 Å². The van der Waals surface area contributed by atoms with Crippen LogP contribution in [0.4, 0.5) is 13.2 Å². The van der Waals surface area contributed by atoms with Crippen LogP contribution in [0.5, 0.6) is 0 Å². The van der Waals surface area contributed by atoms with Crippen LogP contribution in [0.3, 0.4) is 0 Å². The Bertz CT molecular complexity index is 903. The lowest BCUT2D eigenvalue weighted by Crippen LogP contribution is -2.38. The number of halogens is 3. The predicted molar refractivity (Wildman–Crippen MR) is 118 cm³/mol. The summed E-state index contributed by atoms with van der Waals surface area (Å²) in [6, 6.07) is 4.41. The van der Waals surface area contributed by atoms with E-state index >= 15 is 0 Å². The summed E-state index contributed by atoms with van der Waals surface area (Å²) in [4.78, 5) is 11.1. The zero-order valence-corrected chi connectivity index (χ0v) is 19.7. The fourth-order valence-electron chi connectivity index (χ4n) is 4.39. The Labute approximate surface area is 184 Å². The normalized spacial score (nSPS) is 11.9. The number of benzene rings is 1. The Morgan fingerprint density at radius 1 is 0.968 bits per heavy atom. The monoisotopic (exact) mass is 437 g/mol. The number of alkyl halides is 3. The first-order chi connectivity index (χ1) is 14.5. The fourth-order valence-corrected chi connectivity index (χ4v) is 4.39. The third kappa shape index (κ3) is 5.98. The van der Waals surface area contributed by atoms with Crippen molar-refractivity contribution in [3.63, 3.8) is 0 Å². The number of aromatic nitrogens is 2. The molecule has 2 rings (SSSR count). The van der Waals surface area contributed by atoms with Crippen LogP contribution in [-0.2, 0) is 17.9 Å². The van der Waals surface area contributed by atoms with Gasteiger partial charge in [0.2, 0.25) is 5.78 Å². The number of rotatable bonds is 10. The molecule has 1 heterocycles. The Morgan fingerprint density at radius 2 is 1.58 bits per heavy atom. The molecule has 0 saturated heterocycles. The van der Waals surface area contributed by atoms with Crippen LogP contribution in [0.1, 0.15) is 73.5 Å². The predicted octanol–water partition coefficient (Wildman–Crippen LogP) is 6.48. The van der Waals surface area contributed by atoms with Gasteiger partial charge in [-0.3, -0.25) is 4.79 Å². The summed E-state index contributed by atoms with van der Waals surface area (Å²) >= 11 is 0. The average molecular weight is 438 g/mol. The number of imidazole rings is 1. The lowest BCUT2D eigenvalue weighted by molar-refractivity contribution is -0.691. The highest BCUT2D eigenvalue weighted by molar-refractivity contribution is 5.83. The zero-order chi connectivity index (χ0) is 23.3. The zero-order valence-electron chi connectivity index (χ0n) is 19.7. The van der Waals surface area contributed by atoms with Crippen molar-refractivity contribution >= 4 is 5.78 Å². The highest BCUT2D eigenvalue weighted by Crippen LogP contribution is 2.29. The fraction of sp³-hybridized carbons (Fsp3) is 0.600. The van der Waals surface area contributed by atoms with Crippen LogP contribution in [-0.4, -0.2) is 16.5 Å². The number of Topliss-reactive ketones (excluding diaryl/α,β-unsaturated/α-hetero) is 1. The van der Waals surface area contributed by atoms with Crippen molar-refractivity contribution in [2.45, 2.75) is 99.3 Å². The van der Waals surface area contributed by atoms with Crippen molar-refractivity contribution in [2.24, 2.45) is 0 Å². The van der Waals surface area contributed by atoms with E-state index < -0.39 is 18.4 Å². The molecule has 172 valence electrons. The van der Waals surface area contributed by atoms with E-state index in [0.29, 0.717) is 6.42 Å². The molecule has 0 aliphatic carbocycles. The molecule has 0 aliphatic heterocycles. The first-order valence-electron chi connectivity index (χ1n) is 11.3. The van der Waals surface area contributed by atoms with Crippen molar-refractivity contribution < 1.29 is 22.5 Å². The Balaban J connectivity index is 2.32. The van der Waals surface area contributed by atoms with E-state index in [2.05, 4.69) is 62.8 Å². The van der Waals surface area contributed by atoms with Gasteiger partial charge >= 0.3 is 6.18 Å². The van der Waals surface area contributed by atoms with Gasteiger partial charge in [-0.2, -0.15) is 13.2 Å². The van der Waals surface area contributed by atoms with Crippen molar-refractivity contribution in [2.75, 3.05) is 0 Å². The van der Waals surface area contributed by atoms with E-state index in [9.17, 15) is 18.0 Å². The van der Waals surface area contributed by atoms with Gasteiger partial charge in [0, 0.05) is 20.3 Å². The molecule has 0 radical (unpaired) electrons. The summed E-state index contributed by atoms with van der Waals surface area (Å²) in [5, 5.41) is 0. The van der Waals surface area contributed by atoms with Crippen molar-refractivity contribution in [1.82, 2.24) is 4.57 Å². The molecule has 6 heteroatoms. The molecule has 31 heavy (non-hydrogen) atoms. The van der Waals surface area contributed by atoms with Gasteiger partial charge < -0.3 is 0 Å². The van der Waals surface area contributed by atoms with Crippen LogP contribution in [0.15, 0.2) is 12.1 Å². The Morgan fingerprint density at radius 3 is 2.13 bits per heavy atom. The maximum Gasteiger partial charge on any atom is 0.449 e. The first kappa shape index (κ1) is 25.2. The molecule has 0 unspecified atom stereocenters. The van der Waals surface area contributed by atoms with Gasteiger partial charge in [-0.05, 0) is 57.6 Å². The summed E-state index contributed by atoms with van der Waals surface area (Å²) < 4.78 is 42.0. The summed E-state index contributed by atoms with van der Waals surface area (Å²) in [7, 11) is 0. The lowest BCUT2D eigenvalue weighted by Gasteiger charge is -2.12. The second-order valence-electron chi connectivity index (χ2n) is 8.66. The highest BCUT2D eigenvalue weighted by atomic mass is 19.4. The van der Waals surface area contributed by atoms with Crippen LogP contribution >= 0.6 is 0 Å². The van der Waals surface area contributed by atoms with Gasteiger partial charge in [0.1, 0.15) is 11.4 Å². The van der Waals surface area contributed by atoms with Crippen LogP contribution in [0.2, 0.25) is 0 Å². The molecule has 0 saturated carbocycles.